The van der Waals surface area contributed by atoms with E-state index in [0.717, 1.165) is 6.42 Å². The second kappa shape index (κ2) is 4.20. The first-order valence-corrected chi connectivity index (χ1v) is 5.32. The highest BCUT2D eigenvalue weighted by Gasteiger charge is 2.28. The maximum atomic E-state index is 13.4. The summed E-state index contributed by atoms with van der Waals surface area (Å²) in [4.78, 5) is 13.0. The predicted octanol–water partition coefficient (Wildman–Crippen LogP) is 2.48. The Morgan fingerprint density at radius 2 is 2.00 bits per heavy atom. The summed E-state index contributed by atoms with van der Waals surface area (Å²) in [6, 6.07) is 3.81. The summed E-state index contributed by atoms with van der Waals surface area (Å²) in [7, 11) is 0. The molecule has 1 aliphatic heterocycles. The van der Waals surface area contributed by atoms with Crippen LogP contribution in [0.4, 0.5) is 8.78 Å². The van der Waals surface area contributed by atoms with Crippen molar-refractivity contribution in [2.24, 2.45) is 0 Å². The van der Waals surface area contributed by atoms with Crippen LogP contribution in [0.5, 0.6) is 0 Å². The molecule has 1 aliphatic rings. The molecular weight excluding hydrogens is 212 g/mol. The van der Waals surface area contributed by atoms with Gasteiger partial charge in [-0.3, -0.25) is 4.79 Å². The molecule has 0 N–H and O–H groups in total. The average Bonchev–Trinajstić information content (AvgIpc) is 2.54. The largest absolute Gasteiger partial charge is 0.335 e. The standard InChI is InChI=1S/C12H13F2NO/c1-8-5-6-12(16)15(8)7-9-10(13)3-2-4-11(9)14/h2-4,8H,5-7H2,1H3. The van der Waals surface area contributed by atoms with Crippen molar-refractivity contribution in [2.45, 2.75) is 32.4 Å². The number of likely N-dealkylation sites (tertiary alicyclic amines) is 1. The van der Waals surface area contributed by atoms with Crippen molar-refractivity contribution in [1.82, 2.24) is 4.90 Å². The molecule has 1 saturated heterocycles. The molecule has 0 spiro atoms. The van der Waals surface area contributed by atoms with Gasteiger partial charge in [0.15, 0.2) is 0 Å². The molecule has 4 heteroatoms. The lowest BCUT2D eigenvalue weighted by atomic mass is 10.1. The van der Waals surface area contributed by atoms with Gasteiger partial charge in [0, 0.05) is 18.0 Å². The Kier molecular flexibility index (Phi) is 2.90. The van der Waals surface area contributed by atoms with Crippen molar-refractivity contribution in [3.05, 3.63) is 35.4 Å². The zero-order valence-corrected chi connectivity index (χ0v) is 9.04. The summed E-state index contributed by atoms with van der Waals surface area (Å²) >= 11 is 0. The Hall–Kier alpha value is -1.45. The fraction of sp³-hybridized carbons (Fsp3) is 0.417. The van der Waals surface area contributed by atoms with E-state index in [-0.39, 0.29) is 24.1 Å². The molecule has 1 aromatic rings. The number of carbonyl (C=O) groups is 1. The summed E-state index contributed by atoms with van der Waals surface area (Å²) < 4.78 is 26.8. The fourth-order valence-corrected chi connectivity index (χ4v) is 1.98. The highest BCUT2D eigenvalue weighted by molar-refractivity contribution is 5.78. The van der Waals surface area contributed by atoms with Gasteiger partial charge < -0.3 is 4.90 Å². The van der Waals surface area contributed by atoms with Crippen molar-refractivity contribution in [1.29, 1.82) is 0 Å². The van der Waals surface area contributed by atoms with Gasteiger partial charge in [-0.05, 0) is 25.5 Å². The maximum Gasteiger partial charge on any atom is 0.223 e. The Balaban J connectivity index is 2.23. The van der Waals surface area contributed by atoms with E-state index in [1.807, 2.05) is 6.92 Å². The van der Waals surface area contributed by atoms with Crippen molar-refractivity contribution < 1.29 is 13.6 Å². The Morgan fingerprint density at radius 1 is 1.38 bits per heavy atom. The van der Waals surface area contributed by atoms with E-state index < -0.39 is 11.6 Å². The Bertz CT molecular complexity index is 399. The first-order chi connectivity index (χ1) is 7.59. The highest BCUT2D eigenvalue weighted by atomic mass is 19.1. The first kappa shape index (κ1) is 11.0. The van der Waals surface area contributed by atoms with Gasteiger partial charge in [0.1, 0.15) is 11.6 Å². The first-order valence-electron chi connectivity index (χ1n) is 5.32. The number of benzene rings is 1. The van der Waals surface area contributed by atoms with Gasteiger partial charge >= 0.3 is 0 Å². The number of hydrogen-bond donors (Lipinski definition) is 0. The third kappa shape index (κ3) is 1.92. The third-order valence-corrected chi connectivity index (χ3v) is 3.02. The van der Waals surface area contributed by atoms with Crippen molar-refractivity contribution >= 4 is 5.91 Å². The van der Waals surface area contributed by atoms with Crippen LogP contribution in [-0.2, 0) is 11.3 Å². The molecule has 0 aromatic heterocycles. The van der Waals surface area contributed by atoms with E-state index >= 15 is 0 Å². The summed E-state index contributed by atoms with van der Waals surface area (Å²) in [5.74, 6) is -1.21. The van der Waals surface area contributed by atoms with Crippen LogP contribution in [0.15, 0.2) is 18.2 Å². The number of rotatable bonds is 2. The van der Waals surface area contributed by atoms with Gasteiger partial charge in [-0.2, -0.15) is 0 Å². The number of halogens is 2. The smallest absolute Gasteiger partial charge is 0.223 e. The highest BCUT2D eigenvalue weighted by Crippen LogP contribution is 2.23. The molecule has 16 heavy (non-hydrogen) atoms. The normalized spacial score (nSPS) is 20.6. The maximum absolute atomic E-state index is 13.4. The molecule has 1 heterocycles. The van der Waals surface area contributed by atoms with Crippen LogP contribution >= 0.6 is 0 Å². The van der Waals surface area contributed by atoms with Gasteiger partial charge in [0.05, 0.1) is 6.54 Å². The lowest BCUT2D eigenvalue weighted by Crippen LogP contribution is -2.31. The lowest BCUT2D eigenvalue weighted by Gasteiger charge is -2.22. The number of nitrogens with zero attached hydrogens (tertiary/aromatic N) is 1. The second-order valence-electron chi connectivity index (χ2n) is 4.11. The molecule has 0 bridgehead atoms. The Labute approximate surface area is 92.9 Å². The van der Waals surface area contributed by atoms with Crippen LogP contribution < -0.4 is 0 Å². The molecule has 86 valence electrons. The molecule has 1 atom stereocenters. The van der Waals surface area contributed by atoms with Crippen LogP contribution in [-0.4, -0.2) is 16.8 Å². The molecule has 1 amide bonds. The van der Waals surface area contributed by atoms with Gasteiger partial charge in [0.25, 0.3) is 0 Å². The van der Waals surface area contributed by atoms with Gasteiger partial charge in [0.2, 0.25) is 5.91 Å². The number of hydrogen-bond acceptors (Lipinski definition) is 1. The van der Waals surface area contributed by atoms with E-state index in [9.17, 15) is 13.6 Å². The minimum atomic E-state index is -0.591. The minimum Gasteiger partial charge on any atom is -0.335 e. The quantitative estimate of drug-likeness (QED) is 0.757. The minimum absolute atomic E-state index is 0.0235. The average molecular weight is 225 g/mol. The van der Waals surface area contributed by atoms with Crippen LogP contribution in [0.2, 0.25) is 0 Å². The molecule has 2 nitrogen and oxygen atoms in total. The zero-order valence-electron chi connectivity index (χ0n) is 9.04. The van der Waals surface area contributed by atoms with Crippen LogP contribution in [0.3, 0.4) is 0 Å². The van der Waals surface area contributed by atoms with Crippen molar-refractivity contribution in [3.63, 3.8) is 0 Å². The van der Waals surface area contributed by atoms with Crippen molar-refractivity contribution in [2.75, 3.05) is 0 Å². The van der Waals surface area contributed by atoms with E-state index in [1.165, 1.54) is 23.1 Å². The van der Waals surface area contributed by atoms with E-state index in [0.29, 0.717) is 6.42 Å². The number of carbonyl (C=O) groups excluding carboxylic acids is 1. The van der Waals surface area contributed by atoms with Crippen LogP contribution in [0, 0.1) is 11.6 Å². The van der Waals surface area contributed by atoms with Crippen LogP contribution in [0.25, 0.3) is 0 Å². The zero-order chi connectivity index (χ0) is 11.7. The fourth-order valence-electron chi connectivity index (χ4n) is 1.98. The lowest BCUT2D eigenvalue weighted by molar-refractivity contribution is -0.129. The topological polar surface area (TPSA) is 20.3 Å². The summed E-state index contributed by atoms with van der Waals surface area (Å²) in [6.07, 6.45) is 1.23. The molecule has 0 saturated carbocycles. The Morgan fingerprint density at radius 3 is 2.50 bits per heavy atom. The molecular formula is C12H13F2NO. The molecule has 0 radical (unpaired) electrons. The summed E-state index contributed by atoms with van der Waals surface area (Å²) in [5, 5.41) is 0. The van der Waals surface area contributed by atoms with Crippen molar-refractivity contribution in [3.8, 4) is 0 Å². The molecule has 2 rings (SSSR count). The summed E-state index contributed by atoms with van der Waals surface area (Å²) in [5.41, 5.74) is -0.0235. The van der Waals surface area contributed by atoms with Crippen LogP contribution in [0.1, 0.15) is 25.3 Å². The van der Waals surface area contributed by atoms with Gasteiger partial charge in [-0.25, -0.2) is 8.78 Å². The predicted molar refractivity (Wildman–Crippen MR) is 55.6 cm³/mol. The second-order valence-corrected chi connectivity index (χ2v) is 4.11. The van der Waals surface area contributed by atoms with E-state index in [2.05, 4.69) is 0 Å². The van der Waals surface area contributed by atoms with Gasteiger partial charge in [-0.15, -0.1) is 0 Å². The van der Waals surface area contributed by atoms with E-state index in [4.69, 9.17) is 0 Å². The molecule has 1 unspecified atom stereocenters. The molecule has 1 aromatic carbocycles. The van der Waals surface area contributed by atoms with E-state index in [1.54, 1.807) is 0 Å². The molecule has 0 aliphatic carbocycles. The number of amides is 1. The van der Waals surface area contributed by atoms with Gasteiger partial charge in [-0.1, -0.05) is 6.07 Å². The molecule has 1 fully saturated rings. The third-order valence-electron chi connectivity index (χ3n) is 3.02. The summed E-state index contributed by atoms with van der Waals surface area (Å²) in [6.45, 7) is 1.92. The monoisotopic (exact) mass is 225 g/mol. The SMILES string of the molecule is CC1CCC(=O)N1Cc1c(F)cccc1F.